The van der Waals surface area contributed by atoms with Gasteiger partial charge in [-0.3, -0.25) is 4.79 Å². The van der Waals surface area contributed by atoms with Crippen LogP contribution in [0.3, 0.4) is 0 Å². The summed E-state index contributed by atoms with van der Waals surface area (Å²) in [5, 5.41) is 3.32. The van der Waals surface area contributed by atoms with E-state index in [2.05, 4.69) is 21.2 Å². The molecule has 1 amide bonds. The summed E-state index contributed by atoms with van der Waals surface area (Å²) in [6, 6.07) is 3.85. The van der Waals surface area contributed by atoms with Crippen LogP contribution in [0.5, 0.6) is 11.5 Å². The van der Waals surface area contributed by atoms with E-state index in [0.717, 1.165) is 36.8 Å². The quantitative estimate of drug-likeness (QED) is 0.764. The average Bonchev–Trinajstić information content (AvgIpc) is 2.59. The van der Waals surface area contributed by atoms with Crippen molar-refractivity contribution >= 4 is 34.2 Å². The topological polar surface area (TPSA) is 50.8 Å². The fourth-order valence-electron chi connectivity index (χ4n) is 2.75. The number of piperidine rings is 1. The van der Waals surface area contributed by atoms with Gasteiger partial charge in [0.1, 0.15) is 0 Å². The molecule has 1 N–H and O–H groups in total. The number of ether oxygens (including phenoxy) is 2. The van der Waals surface area contributed by atoms with Crippen LogP contribution in [0.25, 0.3) is 0 Å². The molecule has 24 heavy (non-hydrogen) atoms. The molecule has 1 saturated heterocycles. The summed E-state index contributed by atoms with van der Waals surface area (Å²) in [5.74, 6) is 1.24. The fraction of sp³-hybridized carbons (Fsp3) is 0.588. The Morgan fingerprint density at radius 2 is 2.04 bits per heavy atom. The van der Waals surface area contributed by atoms with Crippen molar-refractivity contribution in [3.8, 4) is 11.5 Å². The van der Waals surface area contributed by atoms with Crippen molar-refractivity contribution < 1.29 is 14.3 Å². The van der Waals surface area contributed by atoms with Gasteiger partial charge < -0.3 is 19.7 Å². The molecular weight excluding hydrogens is 396 g/mol. The summed E-state index contributed by atoms with van der Waals surface area (Å²) in [7, 11) is 3.46. The van der Waals surface area contributed by atoms with E-state index >= 15 is 0 Å². The molecule has 0 spiro atoms. The first-order valence-corrected chi connectivity index (χ1v) is 8.86. The average molecular weight is 422 g/mol. The first-order chi connectivity index (χ1) is 11.1. The third kappa shape index (κ3) is 5.01. The first kappa shape index (κ1) is 21.1. The van der Waals surface area contributed by atoms with Crippen LogP contribution >= 0.6 is 28.3 Å². The number of nitrogens with one attached hydrogen (secondary N) is 1. The minimum Gasteiger partial charge on any atom is -0.493 e. The third-order valence-corrected chi connectivity index (χ3v) is 4.69. The zero-order valence-electron chi connectivity index (χ0n) is 14.4. The molecule has 1 fully saturated rings. The van der Waals surface area contributed by atoms with Crippen LogP contribution < -0.4 is 14.8 Å². The standard InChI is InChI=1S/C17H25BrN2O3.ClH/c1-4-9-23-16-14(18)10-12(11-15(16)22-3)17(21)20(2)13-5-7-19-8-6-13;/h10-11,13,19H,4-9H2,1-3H3;1H. The number of amides is 1. The highest BCUT2D eigenvalue weighted by Gasteiger charge is 2.24. The van der Waals surface area contributed by atoms with Crippen LogP contribution in [0.15, 0.2) is 16.6 Å². The maximum atomic E-state index is 12.8. The smallest absolute Gasteiger partial charge is 0.254 e. The van der Waals surface area contributed by atoms with Gasteiger partial charge in [-0.05, 0) is 60.4 Å². The molecule has 0 aliphatic carbocycles. The number of halogens is 2. The Morgan fingerprint density at radius 3 is 2.62 bits per heavy atom. The van der Waals surface area contributed by atoms with Gasteiger partial charge in [-0.2, -0.15) is 0 Å². The SMILES string of the molecule is CCCOc1c(Br)cc(C(=O)N(C)C2CCNCC2)cc1OC.Cl. The monoisotopic (exact) mass is 420 g/mol. The Hall–Kier alpha value is -0.980. The van der Waals surface area contributed by atoms with Crippen LogP contribution in [0.1, 0.15) is 36.5 Å². The van der Waals surface area contributed by atoms with Crippen molar-refractivity contribution in [2.45, 2.75) is 32.2 Å². The Morgan fingerprint density at radius 1 is 1.38 bits per heavy atom. The van der Waals surface area contributed by atoms with Gasteiger partial charge in [0.15, 0.2) is 11.5 Å². The molecule has 1 aliphatic rings. The normalized spacial score (nSPS) is 14.7. The van der Waals surface area contributed by atoms with Crippen molar-refractivity contribution in [3.05, 3.63) is 22.2 Å². The van der Waals surface area contributed by atoms with Gasteiger partial charge in [-0.15, -0.1) is 12.4 Å². The van der Waals surface area contributed by atoms with Gasteiger partial charge in [-0.25, -0.2) is 0 Å². The highest BCUT2D eigenvalue weighted by atomic mass is 79.9. The summed E-state index contributed by atoms with van der Waals surface area (Å²) in [6.45, 7) is 4.57. The van der Waals surface area contributed by atoms with E-state index in [0.29, 0.717) is 23.7 Å². The van der Waals surface area contributed by atoms with Crippen molar-refractivity contribution in [1.82, 2.24) is 10.2 Å². The summed E-state index contributed by atoms with van der Waals surface area (Å²) >= 11 is 3.50. The number of nitrogens with zero attached hydrogens (tertiary/aromatic N) is 1. The number of carbonyl (C=O) groups excluding carboxylic acids is 1. The van der Waals surface area contributed by atoms with E-state index in [1.807, 2.05) is 24.9 Å². The molecule has 1 aromatic rings. The molecule has 0 atom stereocenters. The van der Waals surface area contributed by atoms with Crippen molar-refractivity contribution in [2.75, 3.05) is 33.9 Å². The first-order valence-electron chi connectivity index (χ1n) is 8.06. The Balaban J connectivity index is 0.00000288. The lowest BCUT2D eigenvalue weighted by Gasteiger charge is -2.31. The molecule has 1 heterocycles. The fourth-order valence-corrected chi connectivity index (χ4v) is 3.31. The second-order valence-electron chi connectivity index (χ2n) is 5.74. The molecule has 0 bridgehead atoms. The minimum atomic E-state index is 0. The molecule has 0 unspecified atom stereocenters. The second kappa shape index (κ2) is 10.1. The summed E-state index contributed by atoms with van der Waals surface area (Å²) in [5.41, 5.74) is 0.610. The van der Waals surface area contributed by atoms with Crippen LogP contribution in [0.4, 0.5) is 0 Å². The van der Waals surface area contributed by atoms with E-state index < -0.39 is 0 Å². The highest BCUT2D eigenvalue weighted by molar-refractivity contribution is 9.10. The lowest BCUT2D eigenvalue weighted by Crippen LogP contribution is -2.43. The van der Waals surface area contributed by atoms with Crippen molar-refractivity contribution in [3.63, 3.8) is 0 Å². The molecular formula is C17H26BrClN2O3. The molecule has 0 saturated carbocycles. The molecule has 0 radical (unpaired) electrons. The van der Waals surface area contributed by atoms with E-state index in [1.165, 1.54) is 0 Å². The zero-order chi connectivity index (χ0) is 16.8. The lowest BCUT2D eigenvalue weighted by molar-refractivity contribution is 0.0702. The van der Waals surface area contributed by atoms with Crippen molar-refractivity contribution in [1.29, 1.82) is 0 Å². The van der Waals surface area contributed by atoms with E-state index in [9.17, 15) is 4.79 Å². The summed E-state index contributed by atoms with van der Waals surface area (Å²) in [4.78, 5) is 14.6. The molecule has 5 nitrogen and oxygen atoms in total. The van der Waals surface area contributed by atoms with E-state index in [-0.39, 0.29) is 24.4 Å². The largest absolute Gasteiger partial charge is 0.493 e. The molecule has 0 aromatic heterocycles. The van der Waals surface area contributed by atoms with Crippen LogP contribution in [0, 0.1) is 0 Å². The molecule has 2 rings (SSSR count). The van der Waals surface area contributed by atoms with Crippen LogP contribution in [-0.2, 0) is 0 Å². The van der Waals surface area contributed by atoms with Crippen LogP contribution in [0.2, 0.25) is 0 Å². The van der Waals surface area contributed by atoms with Crippen LogP contribution in [-0.4, -0.2) is 50.7 Å². The maximum Gasteiger partial charge on any atom is 0.254 e. The highest BCUT2D eigenvalue weighted by Crippen LogP contribution is 2.37. The Labute approximate surface area is 158 Å². The molecule has 1 aliphatic heterocycles. The number of methoxy groups -OCH3 is 1. The van der Waals surface area contributed by atoms with Gasteiger partial charge >= 0.3 is 0 Å². The van der Waals surface area contributed by atoms with Gasteiger partial charge in [0.25, 0.3) is 5.91 Å². The molecule has 7 heteroatoms. The van der Waals surface area contributed by atoms with E-state index in [1.54, 1.807) is 13.2 Å². The predicted molar refractivity (Wildman–Crippen MR) is 102 cm³/mol. The predicted octanol–water partition coefficient (Wildman–Crippen LogP) is 3.49. The summed E-state index contributed by atoms with van der Waals surface area (Å²) < 4.78 is 11.9. The number of hydrogen-bond acceptors (Lipinski definition) is 4. The molecule has 1 aromatic carbocycles. The van der Waals surface area contributed by atoms with Gasteiger partial charge in [-0.1, -0.05) is 6.92 Å². The summed E-state index contributed by atoms with van der Waals surface area (Å²) in [6.07, 6.45) is 2.88. The zero-order valence-corrected chi connectivity index (χ0v) is 16.8. The second-order valence-corrected chi connectivity index (χ2v) is 6.59. The number of rotatable bonds is 6. The lowest BCUT2D eigenvalue weighted by atomic mass is 10.0. The maximum absolute atomic E-state index is 12.8. The molecule has 136 valence electrons. The van der Waals surface area contributed by atoms with Gasteiger partial charge in [0, 0.05) is 18.7 Å². The Bertz CT molecular complexity index is 551. The van der Waals surface area contributed by atoms with Gasteiger partial charge in [0.05, 0.1) is 18.2 Å². The number of hydrogen-bond donors (Lipinski definition) is 1. The third-order valence-electron chi connectivity index (χ3n) is 4.10. The van der Waals surface area contributed by atoms with Gasteiger partial charge in [0.2, 0.25) is 0 Å². The number of carbonyl (C=O) groups is 1. The number of benzene rings is 1. The minimum absolute atomic E-state index is 0. The Kier molecular flexibility index (Phi) is 8.87. The van der Waals surface area contributed by atoms with Crippen molar-refractivity contribution in [2.24, 2.45) is 0 Å². The van der Waals surface area contributed by atoms with E-state index in [4.69, 9.17) is 9.47 Å².